The Kier molecular flexibility index (Phi) is 7.45. The Morgan fingerprint density at radius 2 is 1.11 bits per heavy atom. The lowest BCUT2D eigenvalue weighted by Crippen LogP contribution is -2.19. The molecule has 3 rings (SSSR count). The Hall–Kier alpha value is -4.52. The largest absolute Gasteiger partial charge is 0.495 e. The molecule has 0 fully saturated rings. The summed E-state index contributed by atoms with van der Waals surface area (Å²) < 4.78 is 116. The zero-order valence-electron chi connectivity index (χ0n) is 18.4. The minimum atomic E-state index is -5.06. The summed E-state index contributed by atoms with van der Waals surface area (Å²) in [5.74, 6) is -7.20. The molecule has 3 aromatic rings. The monoisotopic (exact) mass is 580 g/mol. The van der Waals surface area contributed by atoms with E-state index in [9.17, 15) is 54.6 Å². The number of hydrogen-bond acceptors (Lipinski definition) is 9. The molecule has 38 heavy (non-hydrogen) atoms. The normalized spacial score (nSPS) is 11.6. The number of sulfonamides is 2. The van der Waals surface area contributed by atoms with Crippen molar-refractivity contribution >= 4 is 42.8 Å². The molecule has 13 nitrogen and oxygen atoms in total. The Labute approximate surface area is 210 Å². The first-order chi connectivity index (χ1) is 17.6. The van der Waals surface area contributed by atoms with E-state index in [0.717, 1.165) is 19.2 Å². The zero-order valence-corrected chi connectivity index (χ0v) is 20.1. The fourth-order valence-electron chi connectivity index (χ4n) is 2.94. The smallest absolute Gasteiger partial charge is 0.275 e. The van der Waals surface area contributed by atoms with E-state index in [-0.39, 0.29) is 24.3 Å². The van der Waals surface area contributed by atoms with Crippen molar-refractivity contribution < 1.29 is 49.0 Å². The number of benzene rings is 3. The Bertz CT molecular complexity index is 1650. The number of rotatable bonds is 9. The van der Waals surface area contributed by atoms with Crippen LogP contribution in [0, 0.1) is 43.5 Å². The van der Waals surface area contributed by atoms with E-state index in [2.05, 4.69) is 0 Å². The Balaban J connectivity index is 2.06. The minimum absolute atomic E-state index is 0.232. The van der Waals surface area contributed by atoms with Crippen LogP contribution in [0.3, 0.4) is 0 Å². The fraction of sp³-hybridized carbons (Fsp3) is 0.0526. The number of nitrogens with one attached hydrogen (secondary N) is 2. The summed E-state index contributed by atoms with van der Waals surface area (Å²) in [4.78, 5) is 17.2. The molecule has 0 aliphatic carbocycles. The van der Waals surface area contributed by atoms with Gasteiger partial charge in [0.1, 0.15) is 22.0 Å². The van der Waals surface area contributed by atoms with Crippen molar-refractivity contribution in [2.24, 2.45) is 0 Å². The molecule has 0 aliphatic heterocycles. The van der Waals surface area contributed by atoms with Gasteiger partial charge in [-0.15, -0.1) is 0 Å². The van der Waals surface area contributed by atoms with Crippen LogP contribution in [0.1, 0.15) is 0 Å². The van der Waals surface area contributed by atoms with Crippen LogP contribution in [0.5, 0.6) is 5.75 Å². The average Bonchev–Trinajstić information content (AvgIpc) is 2.82. The maximum atomic E-state index is 14.2. The molecule has 0 spiro atoms. The first-order valence-electron chi connectivity index (χ1n) is 9.58. The van der Waals surface area contributed by atoms with Crippen LogP contribution < -0.4 is 14.2 Å². The molecular formula is C19H12F4N4O9S2. The van der Waals surface area contributed by atoms with Gasteiger partial charge in [0.05, 0.1) is 46.1 Å². The van der Waals surface area contributed by atoms with Crippen molar-refractivity contribution in [1.82, 2.24) is 0 Å². The van der Waals surface area contributed by atoms with Gasteiger partial charge >= 0.3 is 0 Å². The highest BCUT2D eigenvalue weighted by Crippen LogP contribution is 2.33. The number of nitro groups is 2. The summed E-state index contributed by atoms with van der Waals surface area (Å²) in [6.07, 6.45) is 0. The minimum Gasteiger partial charge on any atom is -0.495 e. The highest BCUT2D eigenvalue weighted by molar-refractivity contribution is 7.93. The van der Waals surface area contributed by atoms with Crippen LogP contribution >= 0.6 is 0 Å². The molecule has 0 heterocycles. The predicted octanol–water partition coefficient (Wildman–Crippen LogP) is 3.67. The molecular weight excluding hydrogens is 568 g/mol. The second-order valence-corrected chi connectivity index (χ2v) is 10.4. The maximum absolute atomic E-state index is 14.2. The highest BCUT2D eigenvalue weighted by Gasteiger charge is 2.29. The van der Waals surface area contributed by atoms with Crippen molar-refractivity contribution in [3.8, 4) is 5.75 Å². The van der Waals surface area contributed by atoms with Crippen LogP contribution in [0.15, 0.2) is 52.3 Å². The van der Waals surface area contributed by atoms with E-state index in [1.807, 2.05) is 0 Å². The molecule has 2 N–H and O–H groups in total. The van der Waals surface area contributed by atoms with Crippen molar-refractivity contribution in [3.63, 3.8) is 0 Å². The second-order valence-electron chi connectivity index (χ2n) is 7.11. The third kappa shape index (κ3) is 5.57. The Morgan fingerprint density at radius 1 is 0.711 bits per heavy atom. The maximum Gasteiger partial charge on any atom is 0.275 e. The lowest BCUT2D eigenvalue weighted by atomic mass is 10.2. The lowest BCUT2D eigenvalue weighted by Gasteiger charge is -2.15. The van der Waals surface area contributed by atoms with E-state index in [1.54, 1.807) is 0 Å². The predicted molar refractivity (Wildman–Crippen MR) is 121 cm³/mol. The quantitative estimate of drug-likeness (QED) is 0.216. The topological polar surface area (TPSA) is 188 Å². The molecule has 0 amide bonds. The van der Waals surface area contributed by atoms with Gasteiger partial charge in [-0.3, -0.25) is 29.7 Å². The Morgan fingerprint density at radius 3 is 1.47 bits per heavy atom. The van der Waals surface area contributed by atoms with Crippen LogP contribution in [0.25, 0.3) is 0 Å². The van der Waals surface area contributed by atoms with Gasteiger partial charge in [0, 0.05) is 0 Å². The molecule has 202 valence electrons. The third-order valence-electron chi connectivity index (χ3n) is 4.68. The second kappa shape index (κ2) is 10.1. The number of halogens is 4. The van der Waals surface area contributed by atoms with Gasteiger partial charge in [0.25, 0.3) is 31.4 Å². The molecule has 0 saturated heterocycles. The van der Waals surface area contributed by atoms with Gasteiger partial charge in [-0.05, 0) is 18.2 Å². The molecule has 0 bridgehead atoms. The molecule has 0 unspecified atom stereocenters. The number of nitrogens with zero attached hydrogens (tertiary/aromatic N) is 2. The number of nitro benzene ring substituents is 2. The van der Waals surface area contributed by atoms with Gasteiger partial charge in [0.15, 0.2) is 23.3 Å². The zero-order chi connectivity index (χ0) is 28.6. The van der Waals surface area contributed by atoms with E-state index in [4.69, 9.17) is 4.74 Å². The third-order valence-corrected chi connectivity index (χ3v) is 7.40. The van der Waals surface area contributed by atoms with Gasteiger partial charge < -0.3 is 4.74 Å². The summed E-state index contributed by atoms with van der Waals surface area (Å²) in [5, 5.41) is 21.5. The standard InChI is InChI=1S/C19H12F4N4O9S2/c1-36-16-3-2-11(37(32,33)24-18-12(20)4-9(26(28)29)5-13(18)21)8-17(16)38(34,35)25-19-14(22)6-10(27(30)31)7-15(19)23/h2-8,24-25H,1H3. The summed E-state index contributed by atoms with van der Waals surface area (Å²) in [7, 11) is -9.07. The van der Waals surface area contributed by atoms with Crippen molar-refractivity contribution in [3.05, 3.63) is 86.0 Å². The van der Waals surface area contributed by atoms with Gasteiger partial charge in [-0.2, -0.15) is 0 Å². The first-order valence-corrected chi connectivity index (χ1v) is 12.5. The summed E-state index contributed by atoms with van der Waals surface area (Å²) in [5.41, 5.74) is -4.69. The molecule has 0 saturated carbocycles. The number of anilines is 2. The van der Waals surface area contributed by atoms with Crippen molar-refractivity contribution in [2.75, 3.05) is 16.6 Å². The number of methoxy groups -OCH3 is 1. The SMILES string of the molecule is COc1ccc(S(=O)(=O)Nc2c(F)cc([N+](=O)[O-])cc2F)cc1S(=O)(=O)Nc1c(F)cc([N+](=O)[O-])cc1F. The molecule has 0 aliphatic rings. The molecule has 19 heteroatoms. The molecule has 3 aromatic carbocycles. The number of ether oxygens (including phenoxy) is 1. The van der Waals surface area contributed by atoms with Crippen molar-refractivity contribution in [2.45, 2.75) is 9.79 Å². The van der Waals surface area contributed by atoms with Crippen LogP contribution in [0.4, 0.5) is 40.3 Å². The average molecular weight is 580 g/mol. The summed E-state index contributed by atoms with van der Waals surface area (Å²) >= 11 is 0. The summed E-state index contributed by atoms with van der Waals surface area (Å²) in [6.45, 7) is 0. The van der Waals surface area contributed by atoms with E-state index in [1.165, 1.54) is 9.44 Å². The van der Waals surface area contributed by atoms with Crippen molar-refractivity contribution in [1.29, 1.82) is 0 Å². The molecule has 0 radical (unpaired) electrons. The lowest BCUT2D eigenvalue weighted by molar-refractivity contribution is -0.385. The van der Waals surface area contributed by atoms with Crippen LogP contribution in [-0.2, 0) is 20.0 Å². The van der Waals surface area contributed by atoms with Gasteiger partial charge in [-0.25, -0.2) is 34.4 Å². The molecule has 0 atom stereocenters. The fourth-order valence-corrected chi connectivity index (χ4v) is 5.39. The first kappa shape index (κ1) is 28.1. The van der Waals surface area contributed by atoms with E-state index >= 15 is 0 Å². The van der Waals surface area contributed by atoms with Gasteiger partial charge in [0.2, 0.25) is 0 Å². The number of hydrogen-bond donors (Lipinski definition) is 2. The van der Waals surface area contributed by atoms with Gasteiger partial charge in [-0.1, -0.05) is 0 Å². The van der Waals surface area contributed by atoms with E-state index < -0.39 is 91.5 Å². The van der Waals surface area contributed by atoms with Crippen LogP contribution in [-0.4, -0.2) is 33.8 Å². The highest BCUT2D eigenvalue weighted by atomic mass is 32.2. The molecule has 0 aromatic heterocycles. The van der Waals surface area contributed by atoms with E-state index in [0.29, 0.717) is 6.07 Å². The summed E-state index contributed by atoms with van der Waals surface area (Å²) in [6, 6.07) is 2.92. The number of non-ortho nitro benzene ring substituents is 2. The van der Waals surface area contributed by atoms with Crippen LogP contribution in [0.2, 0.25) is 0 Å².